The third kappa shape index (κ3) is 6.71. The number of hydrogen-bond acceptors (Lipinski definition) is 8. The summed E-state index contributed by atoms with van der Waals surface area (Å²) in [6, 6.07) is 11.5. The molecule has 9 heteroatoms. The van der Waals surface area contributed by atoms with Gasteiger partial charge in [-0.15, -0.1) is 0 Å². The number of aromatic nitrogens is 3. The van der Waals surface area contributed by atoms with Gasteiger partial charge in [0.05, 0.1) is 17.1 Å². The zero-order valence-electron chi connectivity index (χ0n) is 18.1. The molecule has 166 valence electrons. The predicted molar refractivity (Wildman–Crippen MR) is 131 cm³/mol. The van der Waals surface area contributed by atoms with Gasteiger partial charge in [-0.2, -0.15) is 0 Å². The zero-order chi connectivity index (χ0) is 23.0. The van der Waals surface area contributed by atoms with E-state index in [1.165, 1.54) is 6.26 Å². The Bertz CT molecular complexity index is 1210. The van der Waals surface area contributed by atoms with Gasteiger partial charge in [0.2, 0.25) is 5.95 Å². The van der Waals surface area contributed by atoms with Gasteiger partial charge in [-0.05, 0) is 43.5 Å². The molecule has 0 aliphatic heterocycles. The van der Waals surface area contributed by atoms with Crippen LogP contribution in [0, 0.1) is 0 Å². The van der Waals surface area contributed by atoms with Gasteiger partial charge in [0.1, 0.15) is 15.7 Å². The number of rotatable bonds is 10. The van der Waals surface area contributed by atoms with Crippen LogP contribution in [0.5, 0.6) is 0 Å². The second-order valence-corrected chi connectivity index (χ2v) is 9.42. The lowest BCUT2D eigenvalue weighted by Gasteiger charge is -2.09. The number of hydrogen-bond donors (Lipinski definition) is 2. The van der Waals surface area contributed by atoms with E-state index < -0.39 is 9.84 Å². The highest BCUT2D eigenvalue weighted by Crippen LogP contribution is 2.27. The van der Waals surface area contributed by atoms with Crippen molar-refractivity contribution in [2.75, 3.05) is 29.2 Å². The quantitative estimate of drug-likeness (QED) is 0.450. The molecule has 0 amide bonds. The smallest absolute Gasteiger partial charge is 0.223 e. The van der Waals surface area contributed by atoms with Crippen LogP contribution >= 0.6 is 0 Å². The summed E-state index contributed by atoms with van der Waals surface area (Å²) in [7, 11) is -3.00. The molecule has 2 heterocycles. The number of allylic oxidation sites excluding steroid dienone is 1. The molecule has 0 radical (unpaired) electrons. The SMILES string of the molecule is C=Nc1ccc(-c2ccnc(NCc3ccc(NCCS(C)(=O)=O)nc3)n2)cc1/C=C\C. The summed E-state index contributed by atoms with van der Waals surface area (Å²) in [6.07, 6.45) is 8.60. The predicted octanol–water partition coefficient (Wildman–Crippen LogP) is 3.97. The maximum atomic E-state index is 11.2. The largest absolute Gasteiger partial charge is 0.369 e. The third-order valence-corrected chi connectivity index (χ3v) is 5.50. The van der Waals surface area contributed by atoms with Crippen molar-refractivity contribution >= 4 is 40.1 Å². The van der Waals surface area contributed by atoms with Gasteiger partial charge >= 0.3 is 0 Å². The lowest BCUT2D eigenvalue weighted by atomic mass is 10.1. The van der Waals surface area contributed by atoms with Crippen molar-refractivity contribution in [3.63, 3.8) is 0 Å². The highest BCUT2D eigenvalue weighted by Gasteiger charge is 2.06. The summed E-state index contributed by atoms with van der Waals surface area (Å²) in [5.74, 6) is 1.20. The molecule has 0 saturated carbocycles. The first-order valence-electron chi connectivity index (χ1n) is 10.1. The Kier molecular flexibility index (Phi) is 7.67. The molecular formula is C23H26N6O2S. The van der Waals surface area contributed by atoms with Crippen molar-refractivity contribution in [2.45, 2.75) is 13.5 Å². The number of anilines is 2. The van der Waals surface area contributed by atoms with Crippen LogP contribution in [0.15, 0.2) is 59.9 Å². The normalized spacial score (nSPS) is 11.4. The number of nitrogens with zero attached hydrogens (tertiary/aromatic N) is 4. The average Bonchev–Trinajstić information content (AvgIpc) is 2.78. The van der Waals surface area contributed by atoms with E-state index in [9.17, 15) is 8.42 Å². The van der Waals surface area contributed by atoms with E-state index in [1.54, 1.807) is 12.4 Å². The Balaban J connectivity index is 1.64. The molecule has 2 N–H and O–H groups in total. The number of pyridine rings is 1. The van der Waals surface area contributed by atoms with E-state index in [2.05, 4.69) is 37.3 Å². The average molecular weight is 451 g/mol. The molecule has 0 atom stereocenters. The molecule has 0 fully saturated rings. The third-order valence-electron chi connectivity index (χ3n) is 4.55. The second-order valence-electron chi connectivity index (χ2n) is 7.16. The molecule has 0 unspecified atom stereocenters. The van der Waals surface area contributed by atoms with E-state index >= 15 is 0 Å². The van der Waals surface area contributed by atoms with Gasteiger partial charge in [-0.3, -0.25) is 4.99 Å². The Morgan fingerprint density at radius 2 is 1.97 bits per heavy atom. The van der Waals surface area contributed by atoms with Gasteiger partial charge in [0.25, 0.3) is 0 Å². The van der Waals surface area contributed by atoms with E-state index in [1.807, 2.05) is 55.5 Å². The molecular weight excluding hydrogens is 424 g/mol. The summed E-state index contributed by atoms with van der Waals surface area (Å²) in [4.78, 5) is 17.3. The van der Waals surface area contributed by atoms with Crippen molar-refractivity contribution in [3.8, 4) is 11.3 Å². The van der Waals surface area contributed by atoms with Gasteiger partial charge < -0.3 is 10.6 Å². The van der Waals surface area contributed by atoms with Crippen LogP contribution in [0.25, 0.3) is 17.3 Å². The lowest BCUT2D eigenvalue weighted by molar-refractivity contribution is 0.602. The van der Waals surface area contributed by atoms with Crippen molar-refractivity contribution < 1.29 is 8.42 Å². The molecule has 32 heavy (non-hydrogen) atoms. The first-order valence-corrected chi connectivity index (χ1v) is 12.1. The van der Waals surface area contributed by atoms with Crippen molar-refractivity contribution in [1.82, 2.24) is 15.0 Å². The van der Waals surface area contributed by atoms with Gasteiger partial charge in [0, 0.05) is 42.9 Å². The first-order chi connectivity index (χ1) is 15.4. The van der Waals surface area contributed by atoms with Gasteiger partial charge in [0.15, 0.2) is 0 Å². The highest BCUT2D eigenvalue weighted by molar-refractivity contribution is 7.90. The van der Waals surface area contributed by atoms with Gasteiger partial charge in [-0.1, -0.05) is 24.3 Å². The molecule has 1 aromatic carbocycles. The molecule has 8 nitrogen and oxygen atoms in total. The summed E-state index contributed by atoms with van der Waals surface area (Å²) >= 11 is 0. The maximum absolute atomic E-state index is 11.2. The van der Waals surface area contributed by atoms with Crippen LogP contribution in [0.3, 0.4) is 0 Å². The minimum atomic E-state index is -3.00. The number of sulfone groups is 1. The van der Waals surface area contributed by atoms with E-state index in [0.717, 1.165) is 28.1 Å². The van der Waals surface area contributed by atoms with E-state index in [-0.39, 0.29) is 5.75 Å². The molecule has 3 aromatic rings. The van der Waals surface area contributed by atoms with Gasteiger partial charge in [-0.25, -0.2) is 23.4 Å². The number of benzene rings is 1. The molecule has 0 saturated heterocycles. The fourth-order valence-electron chi connectivity index (χ4n) is 2.95. The fraction of sp³-hybridized carbons (Fsp3) is 0.217. The van der Waals surface area contributed by atoms with Crippen LogP contribution in [0.1, 0.15) is 18.1 Å². The Morgan fingerprint density at radius 3 is 2.66 bits per heavy atom. The maximum Gasteiger partial charge on any atom is 0.223 e. The molecule has 0 aliphatic carbocycles. The Hall–Kier alpha value is -3.59. The highest BCUT2D eigenvalue weighted by atomic mass is 32.2. The zero-order valence-corrected chi connectivity index (χ0v) is 18.9. The standard InChI is InChI=1S/C23H26N6O2S/c1-4-5-18-14-19(7-8-20(18)24-2)21-10-11-26-23(29-21)28-16-17-6-9-22(27-15-17)25-12-13-32(3,30)31/h4-11,14-15H,2,12-13,16H2,1,3H3,(H,25,27)(H,26,28,29)/b5-4-. The first kappa shape index (κ1) is 23.1. The van der Waals surface area contributed by atoms with E-state index in [0.29, 0.717) is 24.9 Å². The molecule has 0 spiro atoms. The monoisotopic (exact) mass is 450 g/mol. The molecule has 2 aromatic heterocycles. The topological polar surface area (TPSA) is 109 Å². The summed E-state index contributed by atoms with van der Waals surface area (Å²) < 4.78 is 22.4. The Labute approximate surface area is 188 Å². The number of nitrogens with one attached hydrogen (secondary N) is 2. The summed E-state index contributed by atoms with van der Waals surface area (Å²) in [6.45, 7) is 6.40. The van der Waals surface area contributed by atoms with Crippen LogP contribution < -0.4 is 10.6 Å². The minimum Gasteiger partial charge on any atom is -0.369 e. The molecule has 3 rings (SSSR count). The summed E-state index contributed by atoms with van der Waals surface area (Å²) in [5, 5.41) is 6.21. The van der Waals surface area contributed by atoms with Crippen molar-refractivity contribution in [3.05, 3.63) is 66.0 Å². The van der Waals surface area contributed by atoms with Crippen molar-refractivity contribution in [2.24, 2.45) is 4.99 Å². The van der Waals surface area contributed by atoms with Crippen molar-refractivity contribution in [1.29, 1.82) is 0 Å². The second kappa shape index (κ2) is 10.6. The van der Waals surface area contributed by atoms with Crippen LogP contribution in [-0.2, 0) is 16.4 Å². The molecule has 0 bridgehead atoms. The lowest BCUT2D eigenvalue weighted by Crippen LogP contribution is -2.14. The fourth-order valence-corrected chi connectivity index (χ4v) is 3.43. The van der Waals surface area contributed by atoms with Crippen LogP contribution in [-0.4, -0.2) is 48.6 Å². The van der Waals surface area contributed by atoms with E-state index in [4.69, 9.17) is 0 Å². The number of aliphatic imine (C=N–C) groups is 1. The van der Waals surface area contributed by atoms with Crippen LogP contribution in [0.4, 0.5) is 17.5 Å². The Morgan fingerprint density at radius 1 is 1.12 bits per heavy atom. The minimum absolute atomic E-state index is 0.0642. The molecule has 0 aliphatic rings. The summed E-state index contributed by atoms with van der Waals surface area (Å²) in [5.41, 5.74) is 4.50. The van der Waals surface area contributed by atoms with Crippen LogP contribution in [0.2, 0.25) is 0 Å².